The summed E-state index contributed by atoms with van der Waals surface area (Å²) in [7, 11) is 3.82. The zero-order valence-electron chi connectivity index (χ0n) is 12.1. The van der Waals surface area contributed by atoms with E-state index in [1.807, 2.05) is 0 Å². The highest BCUT2D eigenvalue weighted by Gasteiger charge is 2.24. The first-order valence-corrected chi connectivity index (χ1v) is 7.77. The van der Waals surface area contributed by atoms with Crippen LogP contribution in [0.25, 0.3) is 0 Å². The van der Waals surface area contributed by atoms with Crippen LogP contribution in [0.1, 0.15) is 19.7 Å². The van der Waals surface area contributed by atoms with E-state index in [4.69, 9.17) is 14.2 Å². The first-order chi connectivity index (χ1) is 10.5. The molecule has 0 fully saturated rings. The van der Waals surface area contributed by atoms with Crippen LogP contribution in [0.5, 0.6) is 5.75 Å². The van der Waals surface area contributed by atoms with Crippen molar-refractivity contribution in [3.8, 4) is 5.75 Å². The van der Waals surface area contributed by atoms with Crippen molar-refractivity contribution >= 4 is 43.8 Å². The minimum Gasteiger partial charge on any atom is -0.500 e. The van der Waals surface area contributed by atoms with Crippen molar-refractivity contribution in [2.75, 3.05) is 21.3 Å². The molecule has 0 aliphatic carbocycles. The molecule has 0 saturated carbocycles. The molecule has 6 nitrogen and oxygen atoms in total. The molecule has 1 aromatic rings. The van der Waals surface area contributed by atoms with Gasteiger partial charge in [-0.1, -0.05) is 44.0 Å². The van der Waals surface area contributed by atoms with E-state index in [9.17, 15) is 9.59 Å². The van der Waals surface area contributed by atoms with Crippen LogP contribution < -0.4 is 4.74 Å². The molecule has 0 N–H and O–H groups in total. The summed E-state index contributed by atoms with van der Waals surface area (Å²) in [6, 6.07) is 4.92. The lowest BCUT2D eigenvalue weighted by atomic mass is 10.1. The second kappa shape index (κ2) is 8.79. The third kappa shape index (κ3) is 4.48. The average Bonchev–Trinajstić information content (AvgIpc) is 2.52. The van der Waals surface area contributed by atoms with Gasteiger partial charge in [-0.15, -0.1) is 0 Å². The maximum Gasteiger partial charge on any atom is 0.377 e. The first kappa shape index (κ1) is 18.5. The van der Waals surface area contributed by atoms with Gasteiger partial charge in [0.2, 0.25) is 5.76 Å². The summed E-state index contributed by atoms with van der Waals surface area (Å²) in [5.74, 6) is -1.40. The van der Waals surface area contributed by atoms with E-state index in [1.165, 1.54) is 27.4 Å². The van der Waals surface area contributed by atoms with Crippen molar-refractivity contribution in [1.29, 1.82) is 0 Å². The van der Waals surface area contributed by atoms with Gasteiger partial charge >= 0.3 is 11.9 Å². The van der Waals surface area contributed by atoms with Gasteiger partial charge in [0.05, 0.1) is 25.1 Å². The van der Waals surface area contributed by atoms with E-state index in [0.717, 1.165) is 6.26 Å². The Kier molecular flexibility index (Phi) is 7.40. The Hall–Kier alpha value is -1.54. The second-order valence-electron chi connectivity index (χ2n) is 3.82. The molecule has 0 spiro atoms. The highest BCUT2D eigenvalue weighted by atomic mass is 79.9. The van der Waals surface area contributed by atoms with Crippen LogP contribution in [-0.2, 0) is 19.0 Å². The third-order valence-electron chi connectivity index (χ3n) is 2.51. The summed E-state index contributed by atoms with van der Waals surface area (Å²) in [5.41, 5.74) is 0.764. The first-order valence-electron chi connectivity index (χ1n) is 5.94. The highest BCUT2D eigenvalue weighted by molar-refractivity contribution is 9.24. The van der Waals surface area contributed by atoms with E-state index >= 15 is 0 Å². The van der Waals surface area contributed by atoms with Crippen LogP contribution in [-0.4, -0.2) is 33.3 Å². The summed E-state index contributed by atoms with van der Waals surface area (Å²) in [6.45, 7) is 0. The molecular weight excluding hydrogens is 424 g/mol. The van der Waals surface area contributed by atoms with Crippen molar-refractivity contribution in [2.45, 2.75) is 3.74 Å². The molecule has 22 heavy (non-hydrogen) atoms. The van der Waals surface area contributed by atoms with E-state index in [0.29, 0.717) is 5.56 Å². The number of benzene rings is 1. The van der Waals surface area contributed by atoms with Crippen LogP contribution in [0.2, 0.25) is 0 Å². The maximum atomic E-state index is 12.0. The summed E-state index contributed by atoms with van der Waals surface area (Å²) in [4.78, 5) is 23.7. The van der Waals surface area contributed by atoms with Gasteiger partial charge < -0.3 is 18.9 Å². The number of hydrogen-bond donors (Lipinski definition) is 0. The lowest BCUT2D eigenvalue weighted by Crippen LogP contribution is -2.14. The Bertz CT molecular complexity index is 583. The van der Waals surface area contributed by atoms with Crippen molar-refractivity contribution in [3.63, 3.8) is 0 Å². The predicted molar refractivity (Wildman–Crippen MR) is 86.1 cm³/mol. The topological polar surface area (TPSA) is 71.1 Å². The number of methoxy groups -OCH3 is 3. The zero-order chi connectivity index (χ0) is 16.7. The second-order valence-corrected chi connectivity index (χ2v) is 6.88. The van der Waals surface area contributed by atoms with E-state index in [1.54, 1.807) is 12.1 Å². The fourth-order valence-corrected chi connectivity index (χ4v) is 2.34. The fraction of sp³-hybridized carbons (Fsp3) is 0.286. The number of rotatable bonds is 6. The fourth-order valence-electron chi connectivity index (χ4n) is 1.58. The van der Waals surface area contributed by atoms with E-state index in [-0.39, 0.29) is 20.8 Å². The van der Waals surface area contributed by atoms with Gasteiger partial charge in [-0.3, -0.25) is 0 Å². The smallest absolute Gasteiger partial charge is 0.377 e. The van der Waals surface area contributed by atoms with Crippen molar-refractivity contribution in [2.24, 2.45) is 0 Å². The van der Waals surface area contributed by atoms with Crippen LogP contribution in [0.4, 0.5) is 0 Å². The van der Waals surface area contributed by atoms with Crippen LogP contribution in [0.3, 0.4) is 0 Å². The average molecular weight is 438 g/mol. The minimum absolute atomic E-state index is 0.141. The molecule has 1 aromatic carbocycles. The number of hydrogen-bond acceptors (Lipinski definition) is 6. The number of alkyl halides is 2. The van der Waals surface area contributed by atoms with Crippen molar-refractivity contribution in [1.82, 2.24) is 0 Å². The molecule has 0 atom stereocenters. The molecular formula is C14H14Br2O6. The normalized spacial score (nSPS) is 11.1. The quantitative estimate of drug-likeness (QED) is 0.294. The van der Waals surface area contributed by atoms with Crippen molar-refractivity contribution in [3.05, 3.63) is 41.3 Å². The molecule has 0 aliphatic rings. The van der Waals surface area contributed by atoms with E-state index in [2.05, 4.69) is 36.6 Å². The minimum atomic E-state index is -0.739. The molecule has 1 rings (SSSR count). The summed E-state index contributed by atoms with van der Waals surface area (Å²) < 4.78 is 19.3. The lowest BCUT2D eigenvalue weighted by Gasteiger charge is -2.15. The molecule has 0 radical (unpaired) electrons. The largest absolute Gasteiger partial charge is 0.500 e. The summed E-state index contributed by atoms with van der Waals surface area (Å²) in [6.07, 6.45) is 1.08. The van der Waals surface area contributed by atoms with Crippen molar-refractivity contribution < 1.29 is 28.5 Å². The SMILES string of the molecule is CO/C=C(/Oc1cccc(C(Br)Br)c1C(=O)OC)C(=O)OC. The number of ether oxygens (including phenoxy) is 4. The summed E-state index contributed by atoms with van der Waals surface area (Å²) in [5, 5.41) is 0. The van der Waals surface area contributed by atoms with E-state index < -0.39 is 11.9 Å². The zero-order valence-corrected chi connectivity index (χ0v) is 15.3. The number of halogens is 2. The molecule has 0 heterocycles. The number of carbonyl (C=O) groups excluding carboxylic acids is 2. The molecule has 0 unspecified atom stereocenters. The third-order valence-corrected chi connectivity index (χ3v) is 3.50. The van der Waals surface area contributed by atoms with Crippen LogP contribution in [0.15, 0.2) is 30.2 Å². The standard InChI is InChI=1S/C14H14Br2O6/c1-19-7-10(13(17)20-2)22-9-6-4-5-8(12(15)16)11(9)14(18)21-3/h4-7,12H,1-3H3/b10-7+. The lowest BCUT2D eigenvalue weighted by molar-refractivity contribution is -0.138. The summed E-state index contributed by atoms with van der Waals surface area (Å²) >= 11 is 6.65. The Morgan fingerprint density at radius 2 is 1.82 bits per heavy atom. The number of esters is 2. The van der Waals surface area contributed by atoms with Gasteiger partial charge in [0.1, 0.15) is 17.6 Å². The van der Waals surface area contributed by atoms with Gasteiger partial charge in [0.15, 0.2) is 0 Å². The van der Waals surface area contributed by atoms with Gasteiger partial charge in [-0.25, -0.2) is 9.59 Å². The van der Waals surface area contributed by atoms with Gasteiger partial charge in [-0.05, 0) is 11.6 Å². The van der Waals surface area contributed by atoms with Gasteiger partial charge in [0.25, 0.3) is 0 Å². The molecule has 120 valence electrons. The Morgan fingerprint density at radius 3 is 2.32 bits per heavy atom. The molecule has 0 aliphatic heterocycles. The Balaban J connectivity index is 3.34. The predicted octanol–water partition coefficient (Wildman–Crippen LogP) is 3.30. The molecule has 0 aromatic heterocycles. The monoisotopic (exact) mass is 436 g/mol. The molecule has 0 bridgehead atoms. The van der Waals surface area contributed by atoms with Gasteiger partial charge in [0, 0.05) is 0 Å². The highest BCUT2D eigenvalue weighted by Crippen LogP contribution is 2.36. The Labute approximate surface area is 144 Å². The van der Waals surface area contributed by atoms with Crippen LogP contribution in [0, 0.1) is 0 Å². The number of carbonyl (C=O) groups is 2. The molecule has 0 amide bonds. The molecule has 8 heteroatoms. The van der Waals surface area contributed by atoms with Crippen LogP contribution >= 0.6 is 31.9 Å². The molecule has 0 saturated heterocycles. The Morgan fingerprint density at radius 1 is 1.14 bits per heavy atom. The maximum absolute atomic E-state index is 12.0. The van der Waals surface area contributed by atoms with Gasteiger partial charge in [-0.2, -0.15) is 0 Å².